The Labute approximate surface area is 217 Å². The molecule has 1 aromatic heterocycles. The zero-order valence-electron chi connectivity index (χ0n) is 21.5. The molecule has 8 rings (SSSR count). The van der Waals surface area contributed by atoms with E-state index in [9.17, 15) is 0 Å². The summed E-state index contributed by atoms with van der Waals surface area (Å²) in [7, 11) is -0.423. The Morgan fingerprint density at radius 1 is 0.595 bits per heavy atom. The molecule has 180 valence electrons. The molecular weight excluding hydrogens is 455 g/mol. The second kappa shape index (κ2) is 6.83. The first-order valence-corrected chi connectivity index (χ1v) is 13.0. The summed E-state index contributed by atoms with van der Waals surface area (Å²) in [4.78, 5) is 0. The molecule has 2 aliphatic carbocycles. The molecule has 0 bridgehead atoms. The molecule has 0 N–H and O–H groups in total. The predicted molar refractivity (Wildman–Crippen MR) is 148 cm³/mol. The first-order valence-electron chi connectivity index (χ1n) is 13.0. The van der Waals surface area contributed by atoms with Crippen molar-refractivity contribution in [3.63, 3.8) is 0 Å². The van der Waals surface area contributed by atoms with Crippen LogP contribution in [0, 0.1) is 0 Å². The molecule has 0 saturated carbocycles. The Kier molecular flexibility index (Phi) is 3.97. The SMILES string of the molecule is CC1(C)OB(c2ccc3c(c2)C2(c4ccccc4-3)c3ccccc3-c3oc4ccccc4c32)OC1(C)C. The molecule has 3 aliphatic rings. The topological polar surface area (TPSA) is 31.6 Å². The van der Waals surface area contributed by atoms with Gasteiger partial charge in [0.1, 0.15) is 11.3 Å². The van der Waals surface area contributed by atoms with E-state index in [1.165, 1.54) is 33.4 Å². The van der Waals surface area contributed by atoms with Crippen molar-refractivity contribution in [3.05, 3.63) is 113 Å². The molecule has 4 heteroatoms. The second-order valence-corrected chi connectivity index (χ2v) is 11.5. The van der Waals surface area contributed by atoms with Gasteiger partial charge in [-0.1, -0.05) is 84.9 Å². The lowest BCUT2D eigenvalue weighted by molar-refractivity contribution is 0.00578. The number of hydrogen-bond acceptors (Lipinski definition) is 3. The molecule has 3 nitrogen and oxygen atoms in total. The van der Waals surface area contributed by atoms with Crippen molar-refractivity contribution in [2.75, 3.05) is 0 Å². The van der Waals surface area contributed by atoms with Crippen LogP contribution in [0.3, 0.4) is 0 Å². The Bertz CT molecular complexity index is 1750. The minimum absolute atomic E-state index is 0.398. The van der Waals surface area contributed by atoms with Gasteiger partial charge in [-0.2, -0.15) is 0 Å². The van der Waals surface area contributed by atoms with Crippen LogP contribution in [0.2, 0.25) is 0 Å². The summed E-state index contributed by atoms with van der Waals surface area (Å²) in [5.41, 5.74) is 9.46. The van der Waals surface area contributed by atoms with E-state index in [0.717, 1.165) is 27.8 Å². The van der Waals surface area contributed by atoms with Crippen molar-refractivity contribution in [1.82, 2.24) is 0 Å². The molecule has 5 aromatic rings. The van der Waals surface area contributed by atoms with Gasteiger partial charge in [-0.3, -0.25) is 0 Å². The van der Waals surface area contributed by atoms with Gasteiger partial charge < -0.3 is 13.7 Å². The molecular formula is C33H27BO3. The molecule has 0 radical (unpaired) electrons. The molecule has 1 fully saturated rings. The first-order chi connectivity index (χ1) is 17.8. The summed E-state index contributed by atoms with van der Waals surface area (Å²) in [6.07, 6.45) is 0. The number of rotatable bonds is 1. The van der Waals surface area contributed by atoms with Gasteiger partial charge in [0.25, 0.3) is 0 Å². The van der Waals surface area contributed by atoms with Crippen LogP contribution in [-0.4, -0.2) is 18.3 Å². The number of benzene rings is 4. The smallest absolute Gasteiger partial charge is 0.456 e. The van der Waals surface area contributed by atoms with E-state index in [0.29, 0.717) is 0 Å². The number of furan rings is 1. The first kappa shape index (κ1) is 21.5. The normalized spacial score (nSPS) is 21.8. The minimum Gasteiger partial charge on any atom is -0.456 e. The van der Waals surface area contributed by atoms with Crippen molar-refractivity contribution in [2.24, 2.45) is 0 Å². The Morgan fingerprint density at radius 3 is 1.95 bits per heavy atom. The van der Waals surface area contributed by atoms with Gasteiger partial charge in [-0.25, -0.2) is 0 Å². The Balaban J connectivity index is 1.47. The largest absolute Gasteiger partial charge is 0.494 e. The molecule has 2 heterocycles. The summed E-state index contributed by atoms with van der Waals surface area (Å²) < 4.78 is 19.6. The van der Waals surface area contributed by atoms with Crippen LogP contribution in [-0.2, 0) is 14.7 Å². The van der Waals surface area contributed by atoms with E-state index in [4.69, 9.17) is 13.7 Å². The van der Waals surface area contributed by atoms with Gasteiger partial charge in [0.2, 0.25) is 0 Å². The zero-order chi connectivity index (χ0) is 25.2. The predicted octanol–water partition coefficient (Wildman–Crippen LogP) is 7.08. The minimum atomic E-state index is -0.468. The molecule has 1 saturated heterocycles. The molecule has 4 aromatic carbocycles. The maximum absolute atomic E-state index is 6.59. The van der Waals surface area contributed by atoms with Crippen LogP contribution in [0.4, 0.5) is 0 Å². The van der Waals surface area contributed by atoms with Gasteiger partial charge in [0.05, 0.1) is 16.6 Å². The highest BCUT2D eigenvalue weighted by Crippen LogP contribution is 2.64. The van der Waals surface area contributed by atoms with Crippen LogP contribution in [0.1, 0.15) is 49.9 Å². The quantitative estimate of drug-likeness (QED) is 0.235. The number of para-hydroxylation sites is 1. The van der Waals surface area contributed by atoms with Crippen molar-refractivity contribution in [1.29, 1.82) is 0 Å². The van der Waals surface area contributed by atoms with E-state index in [-0.39, 0.29) is 0 Å². The van der Waals surface area contributed by atoms with E-state index in [1.54, 1.807) is 0 Å². The molecule has 1 aliphatic heterocycles. The average molecular weight is 482 g/mol. The third-order valence-electron chi connectivity index (χ3n) is 9.14. The fourth-order valence-corrected chi connectivity index (χ4v) is 6.73. The van der Waals surface area contributed by atoms with Crippen molar-refractivity contribution < 1.29 is 13.7 Å². The molecule has 37 heavy (non-hydrogen) atoms. The van der Waals surface area contributed by atoms with Crippen LogP contribution in [0.25, 0.3) is 33.4 Å². The van der Waals surface area contributed by atoms with Crippen molar-refractivity contribution in [3.8, 4) is 22.5 Å². The molecule has 0 amide bonds. The summed E-state index contributed by atoms with van der Waals surface area (Å²) >= 11 is 0. The van der Waals surface area contributed by atoms with E-state index in [1.807, 2.05) is 6.07 Å². The van der Waals surface area contributed by atoms with Crippen LogP contribution >= 0.6 is 0 Å². The van der Waals surface area contributed by atoms with Gasteiger partial charge in [0, 0.05) is 16.5 Å². The second-order valence-electron chi connectivity index (χ2n) is 11.5. The van der Waals surface area contributed by atoms with E-state index in [2.05, 4.69) is 113 Å². The Hall–Kier alpha value is -3.60. The third kappa shape index (κ3) is 2.50. The van der Waals surface area contributed by atoms with Gasteiger partial charge in [0.15, 0.2) is 0 Å². The summed E-state index contributed by atoms with van der Waals surface area (Å²) in [6.45, 7) is 8.42. The molecule has 1 unspecified atom stereocenters. The molecule has 1 atom stereocenters. The van der Waals surface area contributed by atoms with Crippen molar-refractivity contribution in [2.45, 2.75) is 44.3 Å². The average Bonchev–Trinajstić information content (AvgIpc) is 3.56. The summed E-state index contributed by atoms with van der Waals surface area (Å²) in [5, 5.41) is 1.16. The fourth-order valence-electron chi connectivity index (χ4n) is 6.73. The van der Waals surface area contributed by atoms with E-state index >= 15 is 0 Å². The number of hydrogen-bond donors (Lipinski definition) is 0. The van der Waals surface area contributed by atoms with Gasteiger partial charge in [-0.15, -0.1) is 0 Å². The highest BCUT2D eigenvalue weighted by Gasteiger charge is 2.56. The monoisotopic (exact) mass is 482 g/mol. The fraction of sp³-hybridized carbons (Fsp3) is 0.212. The van der Waals surface area contributed by atoms with E-state index < -0.39 is 23.7 Å². The highest BCUT2D eigenvalue weighted by molar-refractivity contribution is 6.62. The van der Waals surface area contributed by atoms with Gasteiger partial charge in [-0.05, 0) is 67.0 Å². The maximum Gasteiger partial charge on any atom is 0.494 e. The van der Waals surface area contributed by atoms with Crippen LogP contribution in [0.15, 0.2) is 95.4 Å². The summed E-state index contributed by atoms with van der Waals surface area (Å²) in [5.74, 6) is 0.973. The lowest BCUT2D eigenvalue weighted by Gasteiger charge is -2.32. The summed E-state index contributed by atoms with van der Waals surface area (Å²) in [6, 6.07) is 32.7. The molecule has 1 spiro atoms. The number of fused-ring (bicyclic) bond motifs is 12. The maximum atomic E-state index is 6.59. The standard InChI is InChI=1S/C33H27BO3/c1-31(2)32(3,4)37-34(36-31)20-17-18-22-21-11-5-8-14-25(21)33(27(22)19-20)26-15-9-6-12-23(26)30-29(33)24-13-7-10-16-28(24)35-30/h5-19H,1-4H3. The highest BCUT2D eigenvalue weighted by atomic mass is 16.7. The van der Waals surface area contributed by atoms with Crippen molar-refractivity contribution >= 4 is 23.6 Å². The van der Waals surface area contributed by atoms with Gasteiger partial charge >= 0.3 is 7.12 Å². The lowest BCUT2D eigenvalue weighted by atomic mass is 9.68. The zero-order valence-corrected chi connectivity index (χ0v) is 21.5. The Morgan fingerprint density at radius 2 is 1.19 bits per heavy atom. The third-order valence-corrected chi connectivity index (χ3v) is 9.14. The van der Waals surface area contributed by atoms with Crippen LogP contribution < -0.4 is 5.46 Å². The van der Waals surface area contributed by atoms with Crippen LogP contribution in [0.5, 0.6) is 0 Å². The lowest BCUT2D eigenvalue weighted by Crippen LogP contribution is -2.41.